The monoisotopic (exact) mass is 332 g/mol. The Labute approximate surface area is 125 Å². The molecule has 3 rings (SSSR count). The maximum Gasteiger partial charge on any atom is 0.178 e. The summed E-state index contributed by atoms with van der Waals surface area (Å²) >= 11 is 8.93. The van der Waals surface area contributed by atoms with Crippen molar-refractivity contribution in [2.24, 2.45) is 0 Å². The van der Waals surface area contributed by atoms with Gasteiger partial charge in [-0.25, -0.2) is 0 Å². The smallest absolute Gasteiger partial charge is 0.178 e. The van der Waals surface area contributed by atoms with Crippen LogP contribution in [-0.4, -0.2) is 9.55 Å². The Morgan fingerprint density at radius 3 is 2.84 bits per heavy atom. The van der Waals surface area contributed by atoms with Gasteiger partial charge in [0.15, 0.2) is 4.77 Å². The van der Waals surface area contributed by atoms with E-state index in [0.717, 1.165) is 26.8 Å². The SMILES string of the molecule is Cc1ccc2[nH]c(=S)n(Cc3cccc(Br)c3)c2c1. The lowest BCUT2D eigenvalue weighted by Gasteiger charge is -2.06. The van der Waals surface area contributed by atoms with Gasteiger partial charge in [-0.3, -0.25) is 0 Å². The minimum absolute atomic E-state index is 0.764. The molecule has 0 saturated heterocycles. The molecular weight excluding hydrogens is 320 g/mol. The zero-order valence-corrected chi connectivity index (χ0v) is 12.9. The van der Waals surface area contributed by atoms with Crippen LogP contribution in [0, 0.1) is 11.7 Å². The number of aromatic amines is 1. The fraction of sp³-hybridized carbons (Fsp3) is 0.133. The third-order valence-corrected chi connectivity index (χ3v) is 3.98. The Balaban J connectivity index is 2.12. The lowest BCUT2D eigenvalue weighted by Crippen LogP contribution is -1.99. The largest absolute Gasteiger partial charge is 0.331 e. The highest BCUT2D eigenvalue weighted by atomic mass is 79.9. The minimum atomic E-state index is 0.764. The van der Waals surface area contributed by atoms with Crippen LogP contribution in [-0.2, 0) is 6.54 Å². The first-order chi connectivity index (χ1) is 9.13. The molecule has 19 heavy (non-hydrogen) atoms. The summed E-state index contributed by atoms with van der Waals surface area (Å²) in [5.74, 6) is 0. The highest BCUT2D eigenvalue weighted by molar-refractivity contribution is 9.10. The van der Waals surface area contributed by atoms with Crippen molar-refractivity contribution < 1.29 is 0 Å². The quantitative estimate of drug-likeness (QED) is 0.667. The molecule has 0 aliphatic carbocycles. The van der Waals surface area contributed by atoms with Crippen LogP contribution in [0.5, 0.6) is 0 Å². The van der Waals surface area contributed by atoms with E-state index in [9.17, 15) is 0 Å². The molecule has 0 saturated carbocycles. The number of aryl methyl sites for hydroxylation is 1. The van der Waals surface area contributed by atoms with Crippen LogP contribution < -0.4 is 0 Å². The predicted molar refractivity (Wildman–Crippen MR) is 85.1 cm³/mol. The molecule has 0 fully saturated rings. The summed E-state index contributed by atoms with van der Waals surface area (Å²) in [5, 5.41) is 0. The molecule has 0 spiro atoms. The van der Waals surface area contributed by atoms with Crippen LogP contribution in [0.4, 0.5) is 0 Å². The van der Waals surface area contributed by atoms with E-state index in [-0.39, 0.29) is 0 Å². The number of fused-ring (bicyclic) bond motifs is 1. The molecule has 3 aromatic rings. The molecule has 0 unspecified atom stereocenters. The summed E-state index contributed by atoms with van der Waals surface area (Å²) in [7, 11) is 0. The summed E-state index contributed by atoms with van der Waals surface area (Å²) in [5.41, 5.74) is 4.72. The van der Waals surface area contributed by atoms with E-state index in [4.69, 9.17) is 12.2 Å². The second kappa shape index (κ2) is 4.94. The molecule has 0 aliphatic heterocycles. The summed E-state index contributed by atoms with van der Waals surface area (Å²) < 4.78 is 3.99. The third kappa shape index (κ3) is 2.51. The lowest BCUT2D eigenvalue weighted by molar-refractivity contribution is 0.810. The summed E-state index contributed by atoms with van der Waals surface area (Å²) in [6.45, 7) is 2.88. The summed E-state index contributed by atoms with van der Waals surface area (Å²) in [6, 6.07) is 14.7. The molecular formula is C15H13BrN2S. The van der Waals surface area contributed by atoms with Crippen molar-refractivity contribution in [3.8, 4) is 0 Å². The van der Waals surface area contributed by atoms with Gasteiger partial charge in [-0.15, -0.1) is 0 Å². The fourth-order valence-corrected chi connectivity index (χ4v) is 2.96. The Bertz CT molecular complexity index is 801. The fourth-order valence-electron chi connectivity index (χ4n) is 2.24. The molecule has 0 bridgehead atoms. The normalized spacial score (nSPS) is 11.1. The minimum Gasteiger partial charge on any atom is -0.331 e. The van der Waals surface area contributed by atoms with Crippen molar-refractivity contribution in [2.45, 2.75) is 13.5 Å². The van der Waals surface area contributed by atoms with Gasteiger partial charge in [0, 0.05) is 4.47 Å². The summed E-state index contributed by atoms with van der Waals surface area (Å²) in [6.07, 6.45) is 0. The van der Waals surface area contributed by atoms with Crippen LogP contribution in [0.1, 0.15) is 11.1 Å². The first-order valence-electron chi connectivity index (χ1n) is 6.07. The van der Waals surface area contributed by atoms with Gasteiger partial charge in [0.1, 0.15) is 0 Å². The van der Waals surface area contributed by atoms with Gasteiger partial charge in [-0.05, 0) is 54.5 Å². The van der Waals surface area contributed by atoms with Crippen molar-refractivity contribution in [1.29, 1.82) is 0 Å². The number of H-pyrrole nitrogens is 1. The maximum atomic E-state index is 5.42. The van der Waals surface area contributed by atoms with Gasteiger partial charge in [-0.1, -0.05) is 34.1 Å². The zero-order valence-electron chi connectivity index (χ0n) is 10.5. The van der Waals surface area contributed by atoms with Crippen molar-refractivity contribution in [1.82, 2.24) is 9.55 Å². The molecule has 0 amide bonds. The molecule has 2 aromatic carbocycles. The van der Waals surface area contributed by atoms with E-state index in [1.54, 1.807) is 0 Å². The Morgan fingerprint density at radius 1 is 1.21 bits per heavy atom. The predicted octanol–water partition coefficient (Wildman–Crippen LogP) is 4.82. The van der Waals surface area contributed by atoms with E-state index in [2.05, 4.69) is 62.7 Å². The van der Waals surface area contributed by atoms with Gasteiger partial charge in [0.05, 0.1) is 17.6 Å². The van der Waals surface area contributed by atoms with Crippen molar-refractivity contribution in [2.75, 3.05) is 0 Å². The lowest BCUT2D eigenvalue weighted by atomic mass is 10.2. The number of hydrogen-bond donors (Lipinski definition) is 1. The van der Waals surface area contributed by atoms with Crippen LogP contribution >= 0.6 is 28.1 Å². The van der Waals surface area contributed by atoms with E-state index in [1.807, 2.05) is 12.1 Å². The molecule has 0 aliphatic rings. The van der Waals surface area contributed by atoms with E-state index >= 15 is 0 Å². The average molecular weight is 333 g/mol. The van der Waals surface area contributed by atoms with Crippen molar-refractivity contribution >= 4 is 39.2 Å². The standard InChI is InChI=1S/C15H13BrN2S/c1-10-5-6-13-14(7-10)18(15(19)17-13)9-11-3-2-4-12(16)8-11/h2-8H,9H2,1H3,(H,17,19). The molecule has 1 aromatic heterocycles. The van der Waals surface area contributed by atoms with Crippen molar-refractivity contribution in [3.05, 3.63) is 62.8 Å². The number of aromatic nitrogens is 2. The van der Waals surface area contributed by atoms with E-state index in [0.29, 0.717) is 0 Å². The first kappa shape index (κ1) is 12.6. The first-order valence-corrected chi connectivity index (χ1v) is 7.27. The number of rotatable bonds is 2. The number of hydrogen-bond acceptors (Lipinski definition) is 1. The number of nitrogens with one attached hydrogen (secondary N) is 1. The van der Waals surface area contributed by atoms with Gasteiger partial charge in [-0.2, -0.15) is 0 Å². The Morgan fingerprint density at radius 2 is 2.05 bits per heavy atom. The van der Waals surface area contributed by atoms with E-state index in [1.165, 1.54) is 11.1 Å². The molecule has 2 nitrogen and oxygen atoms in total. The van der Waals surface area contributed by atoms with Crippen LogP contribution in [0.3, 0.4) is 0 Å². The van der Waals surface area contributed by atoms with Crippen LogP contribution in [0.25, 0.3) is 11.0 Å². The molecule has 1 heterocycles. The van der Waals surface area contributed by atoms with E-state index < -0.39 is 0 Å². The van der Waals surface area contributed by atoms with Gasteiger partial charge in [0.2, 0.25) is 0 Å². The number of halogens is 1. The van der Waals surface area contributed by atoms with Crippen LogP contribution in [0.2, 0.25) is 0 Å². The van der Waals surface area contributed by atoms with Crippen LogP contribution in [0.15, 0.2) is 46.9 Å². The Kier molecular flexibility index (Phi) is 3.29. The van der Waals surface area contributed by atoms with Crippen molar-refractivity contribution in [3.63, 3.8) is 0 Å². The number of benzene rings is 2. The zero-order chi connectivity index (χ0) is 13.4. The maximum absolute atomic E-state index is 5.42. The number of nitrogens with zero attached hydrogens (tertiary/aromatic N) is 1. The number of imidazole rings is 1. The molecule has 4 heteroatoms. The highest BCUT2D eigenvalue weighted by Crippen LogP contribution is 2.19. The second-order valence-electron chi connectivity index (χ2n) is 4.67. The topological polar surface area (TPSA) is 20.7 Å². The van der Waals surface area contributed by atoms with Gasteiger partial charge in [0.25, 0.3) is 0 Å². The highest BCUT2D eigenvalue weighted by Gasteiger charge is 2.05. The Hall–Kier alpha value is -1.39. The molecule has 0 atom stereocenters. The second-order valence-corrected chi connectivity index (χ2v) is 5.97. The third-order valence-electron chi connectivity index (χ3n) is 3.16. The average Bonchev–Trinajstić information content (AvgIpc) is 2.66. The molecule has 1 N–H and O–H groups in total. The summed E-state index contributed by atoms with van der Waals surface area (Å²) in [4.78, 5) is 3.26. The molecule has 96 valence electrons. The van der Waals surface area contributed by atoms with Gasteiger partial charge < -0.3 is 9.55 Å². The molecule has 0 radical (unpaired) electrons. The van der Waals surface area contributed by atoms with Gasteiger partial charge >= 0.3 is 0 Å².